The van der Waals surface area contributed by atoms with Gasteiger partial charge >= 0.3 is 0 Å². The first kappa shape index (κ1) is 16.9. The normalized spacial score (nSPS) is 17.6. The van der Waals surface area contributed by atoms with Crippen LogP contribution in [0.2, 0.25) is 0 Å². The Morgan fingerprint density at radius 1 is 1.32 bits per heavy atom. The Kier molecular flexibility index (Phi) is 4.69. The highest BCUT2D eigenvalue weighted by Crippen LogP contribution is 2.19. The number of benzene rings is 1. The molecule has 1 saturated heterocycles. The highest BCUT2D eigenvalue weighted by molar-refractivity contribution is 6.00. The summed E-state index contributed by atoms with van der Waals surface area (Å²) in [6.45, 7) is 2.64. The summed E-state index contributed by atoms with van der Waals surface area (Å²) < 4.78 is 1.23. The minimum atomic E-state index is -0.751. The van der Waals surface area contributed by atoms with E-state index in [0.29, 0.717) is 23.0 Å². The maximum absolute atomic E-state index is 12.5. The van der Waals surface area contributed by atoms with Gasteiger partial charge < -0.3 is 5.32 Å². The Bertz CT molecular complexity index is 896. The summed E-state index contributed by atoms with van der Waals surface area (Å²) in [5, 5.41) is 8.35. The van der Waals surface area contributed by atoms with E-state index in [4.69, 9.17) is 0 Å². The van der Waals surface area contributed by atoms with Crippen molar-refractivity contribution in [1.29, 1.82) is 0 Å². The van der Waals surface area contributed by atoms with E-state index in [1.54, 1.807) is 18.2 Å². The third-order valence-electron chi connectivity index (χ3n) is 4.31. The molecular formula is C17H20N4O4. The molecule has 1 fully saturated rings. The lowest BCUT2D eigenvalue weighted by Crippen LogP contribution is -2.44. The molecule has 1 aliphatic heterocycles. The molecule has 0 radical (unpaired) electrons. The number of unbranched alkanes of at least 4 members (excludes halogenated alkanes) is 1. The summed E-state index contributed by atoms with van der Waals surface area (Å²) >= 11 is 0. The number of piperidine rings is 1. The number of nitrogens with zero attached hydrogens (tertiary/aromatic N) is 1. The summed E-state index contributed by atoms with van der Waals surface area (Å²) in [4.78, 5) is 47.9. The minimum Gasteiger partial charge on any atom is -0.352 e. The number of fused-ring (bicyclic) bond motifs is 1. The van der Waals surface area contributed by atoms with Gasteiger partial charge in [-0.1, -0.05) is 13.3 Å². The Balaban J connectivity index is 1.89. The molecule has 2 heterocycles. The Morgan fingerprint density at radius 2 is 2.12 bits per heavy atom. The maximum atomic E-state index is 12.5. The molecule has 3 N–H and O–H groups in total. The SMILES string of the molecule is CCCCNC(=O)c1ccc2c(=O)n(C3CCC(=O)NC3=O)[nH]c2c1. The van der Waals surface area contributed by atoms with Gasteiger partial charge in [0, 0.05) is 18.5 Å². The van der Waals surface area contributed by atoms with Gasteiger partial charge in [0.1, 0.15) is 6.04 Å². The fourth-order valence-electron chi connectivity index (χ4n) is 2.90. The molecular weight excluding hydrogens is 324 g/mol. The van der Waals surface area contributed by atoms with Gasteiger partial charge in [-0.05, 0) is 31.0 Å². The van der Waals surface area contributed by atoms with Crippen LogP contribution < -0.4 is 16.2 Å². The second-order valence-corrected chi connectivity index (χ2v) is 6.12. The standard InChI is InChI=1S/C17H20N4O4/c1-2-3-8-18-15(23)10-4-5-11-12(9-10)20-21(17(11)25)13-6-7-14(22)19-16(13)24/h4-5,9,13,20H,2-3,6-8H2,1H3,(H,18,23)(H,19,22,24). The third-order valence-corrected chi connectivity index (χ3v) is 4.31. The van der Waals surface area contributed by atoms with E-state index in [1.807, 2.05) is 6.92 Å². The van der Waals surface area contributed by atoms with Gasteiger partial charge in [0.15, 0.2) is 0 Å². The van der Waals surface area contributed by atoms with Crippen LogP contribution in [0.15, 0.2) is 23.0 Å². The summed E-state index contributed by atoms with van der Waals surface area (Å²) in [6, 6.07) is 4.01. The van der Waals surface area contributed by atoms with Crippen molar-refractivity contribution in [2.75, 3.05) is 6.54 Å². The van der Waals surface area contributed by atoms with Crippen LogP contribution in [-0.4, -0.2) is 34.0 Å². The van der Waals surface area contributed by atoms with E-state index < -0.39 is 11.9 Å². The number of imide groups is 1. The molecule has 0 saturated carbocycles. The van der Waals surface area contributed by atoms with E-state index in [1.165, 1.54) is 4.68 Å². The Morgan fingerprint density at radius 3 is 2.84 bits per heavy atom. The summed E-state index contributed by atoms with van der Waals surface area (Å²) in [6.07, 6.45) is 2.34. The molecule has 8 heteroatoms. The summed E-state index contributed by atoms with van der Waals surface area (Å²) in [5.41, 5.74) is 0.584. The number of carbonyl (C=O) groups is 3. The number of aromatic amines is 1. The van der Waals surface area contributed by atoms with Crippen LogP contribution in [0, 0.1) is 0 Å². The van der Waals surface area contributed by atoms with Gasteiger partial charge in [0.25, 0.3) is 17.4 Å². The topological polar surface area (TPSA) is 113 Å². The van der Waals surface area contributed by atoms with Gasteiger partial charge in [-0.2, -0.15) is 0 Å². The minimum absolute atomic E-state index is 0.184. The van der Waals surface area contributed by atoms with Crippen molar-refractivity contribution in [2.45, 2.75) is 38.6 Å². The lowest BCUT2D eigenvalue weighted by Gasteiger charge is -2.20. The van der Waals surface area contributed by atoms with Gasteiger partial charge in [-0.3, -0.25) is 29.6 Å². The number of aromatic nitrogens is 2. The molecule has 1 unspecified atom stereocenters. The summed E-state index contributed by atoms with van der Waals surface area (Å²) in [5.74, 6) is -1.04. The molecule has 3 amide bonds. The van der Waals surface area contributed by atoms with E-state index >= 15 is 0 Å². The van der Waals surface area contributed by atoms with Crippen LogP contribution in [-0.2, 0) is 9.59 Å². The molecule has 0 aliphatic carbocycles. The number of carbonyl (C=O) groups excluding carboxylic acids is 3. The zero-order chi connectivity index (χ0) is 18.0. The molecule has 3 rings (SSSR count). The lowest BCUT2D eigenvalue weighted by atomic mass is 10.1. The average Bonchev–Trinajstić information content (AvgIpc) is 2.91. The maximum Gasteiger partial charge on any atom is 0.275 e. The Labute approximate surface area is 143 Å². The van der Waals surface area contributed by atoms with Gasteiger partial charge in [-0.25, -0.2) is 4.68 Å². The highest BCUT2D eigenvalue weighted by atomic mass is 16.2. The quantitative estimate of drug-likeness (QED) is 0.551. The molecule has 25 heavy (non-hydrogen) atoms. The summed E-state index contributed by atoms with van der Waals surface area (Å²) in [7, 11) is 0. The van der Waals surface area contributed by atoms with Crippen molar-refractivity contribution in [3.63, 3.8) is 0 Å². The van der Waals surface area contributed by atoms with E-state index in [9.17, 15) is 19.2 Å². The van der Waals surface area contributed by atoms with E-state index in [2.05, 4.69) is 15.7 Å². The molecule has 2 aromatic rings. The predicted octanol–water partition coefficient (Wildman–Crippen LogP) is 0.837. The number of amides is 3. The van der Waals surface area contributed by atoms with Crippen molar-refractivity contribution in [3.05, 3.63) is 34.1 Å². The van der Waals surface area contributed by atoms with Crippen LogP contribution in [0.25, 0.3) is 10.9 Å². The molecule has 1 aromatic heterocycles. The number of H-pyrrole nitrogens is 1. The first-order valence-corrected chi connectivity index (χ1v) is 8.37. The second-order valence-electron chi connectivity index (χ2n) is 6.12. The van der Waals surface area contributed by atoms with Crippen LogP contribution >= 0.6 is 0 Å². The first-order valence-electron chi connectivity index (χ1n) is 8.37. The van der Waals surface area contributed by atoms with Gasteiger partial charge in [0.2, 0.25) is 5.91 Å². The monoisotopic (exact) mass is 344 g/mol. The van der Waals surface area contributed by atoms with Crippen LogP contribution in [0.4, 0.5) is 0 Å². The van der Waals surface area contributed by atoms with E-state index in [-0.39, 0.29) is 30.2 Å². The smallest absolute Gasteiger partial charge is 0.275 e. The fourth-order valence-corrected chi connectivity index (χ4v) is 2.90. The van der Waals surface area contributed by atoms with Crippen molar-refractivity contribution in [3.8, 4) is 0 Å². The Hall–Kier alpha value is -2.90. The predicted molar refractivity (Wildman–Crippen MR) is 91.2 cm³/mol. The number of hydrogen-bond donors (Lipinski definition) is 3. The van der Waals surface area contributed by atoms with Gasteiger partial charge in [0.05, 0.1) is 10.9 Å². The number of hydrogen-bond acceptors (Lipinski definition) is 4. The van der Waals surface area contributed by atoms with Crippen molar-refractivity contribution >= 4 is 28.6 Å². The first-order chi connectivity index (χ1) is 12.0. The number of rotatable bonds is 5. The van der Waals surface area contributed by atoms with Crippen LogP contribution in [0.5, 0.6) is 0 Å². The molecule has 132 valence electrons. The molecule has 1 aromatic carbocycles. The van der Waals surface area contributed by atoms with Crippen molar-refractivity contribution < 1.29 is 14.4 Å². The molecule has 0 bridgehead atoms. The molecule has 8 nitrogen and oxygen atoms in total. The third kappa shape index (κ3) is 3.33. The van der Waals surface area contributed by atoms with Crippen molar-refractivity contribution in [1.82, 2.24) is 20.4 Å². The molecule has 1 atom stereocenters. The van der Waals surface area contributed by atoms with Crippen molar-refractivity contribution in [2.24, 2.45) is 0 Å². The largest absolute Gasteiger partial charge is 0.352 e. The highest BCUT2D eigenvalue weighted by Gasteiger charge is 2.30. The lowest BCUT2D eigenvalue weighted by molar-refractivity contribution is -0.136. The van der Waals surface area contributed by atoms with Crippen LogP contribution in [0.3, 0.4) is 0 Å². The second kappa shape index (κ2) is 6.92. The molecule has 1 aliphatic rings. The fraction of sp³-hybridized carbons (Fsp3) is 0.412. The van der Waals surface area contributed by atoms with Crippen LogP contribution in [0.1, 0.15) is 49.0 Å². The number of nitrogens with one attached hydrogen (secondary N) is 3. The zero-order valence-corrected chi connectivity index (χ0v) is 13.9. The molecule has 0 spiro atoms. The van der Waals surface area contributed by atoms with E-state index in [0.717, 1.165) is 12.8 Å². The van der Waals surface area contributed by atoms with Gasteiger partial charge in [-0.15, -0.1) is 0 Å². The average molecular weight is 344 g/mol. The zero-order valence-electron chi connectivity index (χ0n) is 13.9.